The number of anilines is 3. The van der Waals surface area contributed by atoms with E-state index >= 15 is 0 Å². The molecular weight excluding hydrogens is 322 g/mol. The van der Waals surface area contributed by atoms with Crippen LogP contribution in [0, 0.1) is 0 Å². The number of fused-ring (bicyclic) bond motifs is 1. The summed E-state index contributed by atoms with van der Waals surface area (Å²) in [6.07, 6.45) is 0.304. The summed E-state index contributed by atoms with van der Waals surface area (Å²) in [5, 5.41) is 8.70. The fourth-order valence-corrected chi connectivity index (χ4v) is 2.43. The number of carbonyl (C=O) groups excluding carboxylic acids is 2. The number of hydrogen-bond donors (Lipinski definition) is 3. The fraction of sp³-hybridized carbons (Fsp3) is 0.222. The summed E-state index contributed by atoms with van der Waals surface area (Å²) >= 11 is 0. The number of nitrogens with one attached hydrogen (secondary N) is 3. The third kappa shape index (κ3) is 4.63. The van der Waals surface area contributed by atoms with Crippen molar-refractivity contribution in [2.45, 2.75) is 13.3 Å². The summed E-state index contributed by atoms with van der Waals surface area (Å²) in [6.45, 7) is 2.13. The Morgan fingerprint density at radius 2 is 1.72 bits per heavy atom. The zero-order valence-electron chi connectivity index (χ0n) is 13.8. The van der Waals surface area contributed by atoms with Crippen molar-refractivity contribution in [3.63, 3.8) is 0 Å². The Balaban J connectivity index is 1.47. The predicted octanol–water partition coefficient (Wildman–Crippen LogP) is 2.81. The van der Waals surface area contributed by atoms with Gasteiger partial charge in [-0.3, -0.25) is 9.59 Å². The van der Waals surface area contributed by atoms with Gasteiger partial charge in [-0.1, -0.05) is 6.07 Å². The Hall–Kier alpha value is -3.22. The van der Waals surface area contributed by atoms with Crippen molar-refractivity contribution < 1.29 is 19.1 Å². The van der Waals surface area contributed by atoms with Gasteiger partial charge in [-0.2, -0.15) is 0 Å². The Kier molecular flexibility index (Phi) is 5.03. The van der Waals surface area contributed by atoms with Crippen LogP contribution in [-0.4, -0.2) is 25.2 Å². The average Bonchev–Trinajstić information content (AvgIpc) is 3.02. The smallest absolute Gasteiger partial charge is 0.231 e. The van der Waals surface area contributed by atoms with Gasteiger partial charge in [0.2, 0.25) is 18.6 Å². The highest BCUT2D eigenvalue weighted by Crippen LogP contribution is 2.34. The lowest BCUT2D eigenvalue weighted by atomic mass is 10.2. The maximum atomic E-state index is 12.0. The van der Waals surface area contributed by atoms with Crippen molar-refractivity contribution >= 4 is 28.9 Å². The lowest BCUT2D eigenvalue weighted by Gasteiger charge is -2.09. The second-order valence-corrected chi connectivity index (χ2v) is 5.55. The third-order valence-electron chi connectivity index (χ3n) is 3.52. The van der Waals surface area contributed by atoms with Gasteiger partial charge in [-0.05, 0) is 30.3 Å². The predicted molar refractivity (Wildman–Crippen MR) is 95.0 cm³/mol. The molecule has 0 spiro atoms. The van der Waals surface area contributed by atoms with Crippen molar-refractivity contribution in [2.75, 3.05) is 29.3 Å². The summed E-state index contributed by atoms with van der Waals surface area (Å²) in [5.74, 6) is 1.08. The molecule has 1 aliphatic rings. The monoisotopic (exact) mass is 341 g/mol. The molecule has 2 aromatic carbocycles. The van der Waals surface area contributed by atoms with Gasteiger partial charge in [0.1, 0.15) is 0 Å². The molecule has 0 unspecified atom stereocenters. The largest absolute Gasteiger partial charge is 0.454 e. The molecule has 0 saturated heterocycles. The van der Waals surface area contributed by atoms with Gasteiger partial charge in [0.15, 0.2) is 11.5 Å². The quantitative estimate of drug-likeness (QED) is 0.752. The normalized spacial score (nSPS) is 11.7. The second-order valence-electron chi connectivity index (χ2n) is 5.55. The number of amides is 2. The zero-order valence-corrected chi connectivity index (χ0v) is 13.8. The minimum atomic E-state index is -0.125. The maximum Gasteiger partial charge on any atom is 0.231 e. The molecule has 0 radical (unpaired) electrons. The molecule has 0 fully saturated rings. The van der Waals surface area contributed by atoms with E-state index in [1.807, 2.05) is 18.2 Å². The topological polar surface area (TPSA) is 88.7 Å². The summed E-state index contributed by atoms with van der Waals surface area (Å²) in [4.78, 5) is 23.1. The standard InChI is InChI=1S/C18H19N3O4/c1-12(22)20-14-4-2-3-13(9-14)19-8-7-18(23)21-15-5-6-16-17(10-15)25-11-24-16/h2-6,9-10,19H,7-8,11H2,1H3,(H,20,22)(H,21,23). The molecule has 3 rings (SSSR count). The third-order valence-corrected chi connectivity index (χ3v) is 3.52. The van der Waals surface area contributed by atoms with Crippen LogP contribution in [0.2, 0.25) is 0 Å². The minimum Gasteiger partial charge on any atom is -0.454 e. The first-order chi connectivity index (χ1) is 12.1. The van der Waals surface area contributed by atoms with Crippen LogP contribution >= 0.6 is 0 Å². The van der Waals surface area contributed by atoms with Gasteiger partial charge in [0.25, 0.3) is 0 Å². The molecule has 1 aliphatic heterocycles. The molecule has 2 amide bonds. The van der Waals surface area contributed by atoms with E-state index in [1.165, 1.54) is 6.92 Å². The Bertz CT molecular complexity index is 792. The lowest BCUT2D eigenvalue weighted by Crippen LogP contribution is -2.16. The molecule has 25 heavy (non-hydrogen) atoms. The Morgan fingerprint density at radius 3 is 2.56 bits per heavy atom. The Labute approximate surface area is 145 Å². The van der Waals surface area contributed by atoms with Crippen molar-refractivity contribution in [1.82, 2.24) is 0 Å². The first-order valence-electron chi connectivity index (χ1n) is 7.91. The molecule has 1 heterocycles. The van der Waals surface area contributed by atoms with Gasteiger partial charge in [0, 0.05) is 43.0 Å². The van der Waals surface area contributed by atoms with Crippen LogP contribution in [0.25, 0.3) is 0 Å². The molecule has 7 nitrogen and oxygen atoms in total. The highest BCUT2D eigenvalue weighted by Gasteiger charge is 2.14. The number of rotatable bonds is 6. The summed E-state index contributed by atoms with van der Waals surface area (Å²) < 4.78 is 10.5. The van der Waals surface area contributed by atoms with Crippen LogP contribution in [0.5, 0.6) is 11.5 Å². The van der Waals surface area contributed by atoms with E-state index in [0.29, 0.717) is 35.8 Å². The number of ether oxygens (including phenoxy) is 2. The molecule has 130 valence electrons. The van der Waals surface area contributed by atoms with Gasteiger partial charge >= 0.3 is 0 Å². The second kappa shape index (κ2) is 7.57. The molecule has 0 saturated carbocycles. The average molecular weight is 341 g/mol. The van der Waals surface area contributed by atoms with Crippen molar-refractivity contribution in [3.8, 4) is 11.5 Å². The number of carbonyl (C=O) groups is 2. The summed E-state index contributed by atoms with van der Waals surface area (Å²) in [5.41, 5.74) is 2.21. The van der Waals surface area contributed by atoms with Crippen LogP contribution in [0.1, 0.15) is 13.3 Å². The van der Waals surface area contributed by atoms with Gasteiger partial charge in [0.05, 0.1) is 0 Å². The van der Waals surface area contributed by atoms with Gasteiger partial charge in [-0.25, -0.2) is 0 Å². The van der Waals surface area contributed by atoms with Crippen molar-refractivity contribution in [1.29, 1.82) is 0 Å². The first-order valence-corrected chi connectivity index (χ1v) is 7.91. The zero-order chi connectivity index (χ0) is 17.6. The van der Waals surface area contributed by atoms with Crippen molar-refractivity contribution in [2.24, 2.45) is 0 Å². The Morgan fingerprint density at radius 1 is 0.960 bits per heavy atom. The van der Waals surface area contributed by atoms with Crippen LogP contribution < -0.4 is 25.4 Å². The number of benzene rings is 2. The van der Waals surface area contributed by atoms with Crippen molar-refractivity contribution in [3.05, 3.63) is 42.5 Å². The van der Waals surface area contributed by atoms with Crippen LogP contribution in [0.4, 0.5) is 17.1 Å². The molecular formula is C18H19N3O4. The van der Waals surface area contributed by atoms with Crippen LogP contribution in [0.15, 0.2) is 42.5 Å². The molecule has 2 aromatic rings. The van der Waals surface area contributed by atoms with E-state index in [1.54, 1.807) is 24.3 Å². The van der Waals surface area contributed by atoms with Crippen LogP contribution in [-0.2, 0) is 9.59 Å². The molecule has 0 aromatic heterocycles. The first kappa shape index (κ1) is 16.6. The van der Waals surface area contributed by atoms with Crippen LogP contribution in [0.3, 0.4) is 0 Å². The fourth-order valence-electron chi connectivity index (χ4n) is 2.43. The van der Waals surface area contributed by atoms with E-state index in [4.69, 9.17) is 9.47 Å². The van der Waals surface area contributed by atoms with E-state index in [9.17, 15) is 9.59 Å². The number of hydrogen-bond acceptors (Lipinski definition) is 5. The van der Waals surface area contributed by atoms with E-state index in [0.717, 1.165) is 5.69 Å². The molecule has 0 aliphatic carbocycles. The van der Waals surface area contributed by atoms with Gasteiger partial charge in [-0.15, -0.1) is 0 Å². The van der Waals surface area contributed by atoms with E-state index in [-0.39, 0.29) is 18.6 Å². The van der Waals surface area contributed by atoms with Gasteiger partial charge < -0.3 is 25.4 Å². The molecule has 7 heteroatoms. The SMILES string of the molecule is CC(=O)Nc1cccc(NCCC(=O)Nc2ccc3c(c2)OCO3)c1. The minimum absolute atomic E-state index is 0.107. The summed E-state index contributed by atoms with van der Waals surface area (Å²) in [7, 11) is 0. The summed E-state index contributed by atoms with van der Waals surface area (Å²) in [6, 6.07) is 12.6. The maximum absolute atomic E-state index is 12.0. The molecule has 0 atom stereocenters. The lowest BCUT2D eigenvalue weighted by molar-refractivity contribution is -0.116. The molecule has 3 N–H and O–H groups in total. The highest BCUT2D eigenvalue weighted by atomic mass is 16.7. The van der Waals surface area contributed by atoms with E-state index < -0.39 is 0 Å². The molecule has 0 bridgehead atoms. The van der Waals surface area contributed by atoms with E-state index in [2.05, 4.69) is 16.0 Å². The highest BCUT2D eigenvalue weighted by molar-refractivity contribution is 5.91.